The van der Waals surface area contributed by atoms with Gasteiger partial charge in [-0.25, -0.2) is 4.98 Å². The Morgan fingerprint density at radius 1 is 1.35 bits per heavy atom. The zero-order chi connectivity index (χ0) is 19.1. The molecular formula is C19H32N6S. The van der Waals surface area contributed by atoms with Crippen LogP contribution in [0.1, 0.15) is 47.6 Å². The van der Waals surface area contributed by atoms with E-state index < -0.39 is 0 Å². The van der Waals surface area contributed by atoms with Gasteiger partial charge in [-0.3, -0.25) is 9.67 Å². The molecule has 0 aliphatic heterocycles. The molecule has 2 aromatic heterocycles. The molecule has 0 saturated carbocycles. The molecule has 0 saturated heterocycles. The topological polar surface area (TPSA) is 67.1 Å². The van der Waals surface area contributed by atoms with Crippen molar-refractivity contribution in [3.05, 3.63) is 33.0 Å². The van der Waals surface area contributed by atoms with Crippen LogP contribution in [-0.4, -0.2) is 39.9 Å². The smallest absolute Gasteiger partial charge is 0.191 e. The minimum atomic E-state index is 0.279. The number of aliphatic imine (C=N–C) groups is 1. The van der Waals surface area contributed by atoms with Crippen molar-refractivity contribution >= 4 is 17.3 Å². The summed E-state index contributed by atoms with van der Waals surface area (Å²) in [7, 11) is 2.00. The molecule has 26 heavy (non-hydrogen) atoms. The highest BCUT2D eigenvalue weighted by Crippen LogP contribution is 2.15. The van der Waals surface area contributed by atoms with Crippen molar-refractivity contribution in [3.8, 4) is 0 Å². The summed E-state index contributed by atoms with van der Waals surface area (Å²) in [4.78, 5) is 10.5. The highest BCUT2D eigenvalue weighted by molar-refractivity contribution is 7.11. The third-order valence-corrected chi connectivity index (χ3v) is 5.64. The number of nitrogens with one attached hydrogen (secondary N) is 2. The lowest BCUT2D eigenvalue weighted by molar-refractivity contribution is 0.635. The van der Waals surface area contributed by atoms with E-state index >= 15 is 0 Å². The van der Waals surface area contributed by atoms with Crippen LogP contribution in [0.5, 0.6) is 0 Å². The van der Waals surface area contributed by atoms with Gasteiger partial charge in [0.05, 0.1) is 10.7 Å². The van der Waals surface area contributed by atoms with E-state index in [-0.39, 0.29) is 6.04 Å². The first kappa shape index (κ1) is 20.4. The van der Waals surface area contributed by atoms with Crippen LogP contribution in [0.15, 0.2) is 11.2 Å². The normalized spacial score (nSPS) is 13.1. The molecule has 0 amide bonds. The van der Waals surface area contributed by atoms with Gasteiger partial charge in [-0.1, -0.05) is 6.92 Å². The number of hydrogen-bond acceptors (Lipinski definition) is 4. The highest BCUT2D eigenvalue weighted by atomic mass is 32.1. The third-order valence-electron chi connectivity index (χ3n) is 4.44. The minimum absolute atomic E-state index is 0.279. The zero-order valence-corrected chi connectivity index (χ0v) is 17.7. The first-order valence-electron chi connectivity index (χ1n) is 9.42. The molecule has 0 fully saturated rings. The van der Waals surface area contributed by atoms with E-state index in [9.17, 15) is 0 Å². The fraction of sp³-hybridized carbons (Fsp3) is 0.632. The second-order valence-electron chi connectivity index (χ2n) is 6.61. The first-order chi connectivity index (χ1) is 12.4. The molecule has 0 aromatic carbocycles. The maximum atomic E-state index is 4.72. The Morgan fingerprint density at radius 3 is 2.69 bits per heavy atom. The Morgan fingerprint density at radius 2 is 2.12 bits per heavy atom. The summed E-state index contributed by atoms with van der Waals surface area (Å²) in [6.07, 6.45) is 4.85. The van der Waals surface area contributed by atoms with E-state index in [0.717, 1.165) is 49.0 Å². The van der Waals surface area contributed by atoms with Crippen molar-refractivity contribution in [2.75, 3.05) is 13.1 Å². The minimum Gasteiger partial charge on any atom is -0.357 e. The summed E-state index contributed by atoms with van der Waals surface area (Å²) in [6.45, 7) is 12.2. The van der Waals surface area contributed by atoms with Crippen LogP contribution in [0.2, 0.25) is 0 Å². The number of thiazole rings is 1. The molecule has 1 unspecified atom stereocenters. The lowest BCUT2D eigenvalue weighted by atomic mass is 10.1. The Balaban J connectivity index is 1.93. The largest absolute Gasteiger partial charge is 0.357 e. The lowest BCUT2D eigenvalue weighted by Crippen LogP contribution is -2.43. The van der Waals surface area contributed by atoms with E-state index in [0.29, 0.717) is 0 Å². The molecule has 2 heterocycles. The van der Waals surface area contributed by atoms with E-state index in [2.05, 4.69) is 55.3 Å². The van der Waals surface area contributed by atoms with Crippen LogP contribution >= 0.6 is 11.3 Å². The van der Waals surface area contributed by atoms with Crippen LogP contribution in [0.4, 0.5) is 0 Å². The maximum Gasteiger partial charge on any atom is 0.191 e. The number of guanidine groups is 1. The van der Waals surface area contributed by atoms with Gasteiger partial charge in [0.25, 0.3) is 0 Å². The van der Waals surface area contributed by atoms with Crippen molar-refractivity contribution < 1.29 is 0 Å². The predicted molar refractivity (Wildman–Crippen MR) is 110 cm³/mol. The molecule has 0 aliphatic rings. The molecule has 0 radical (unpaired) electrons. The Bertz CT molecular complexity index is 730. The molecule has 0 spiro atoms. The Kier molecular flexibility index (Phi) is 7.63. The number of hydrogen-bond donors (Lipinski definition) is 2. The van der Waals surface area contributed by atoms with Gasteiger partial charge in [0.1, 0.15) is 0 Å². The fourth-order valence-electron chi connectivity index (χ4n) is 2.91. The first-order valence-corrected chi connectivity index (χ1v) is 10.2. The zero-order valence-electron chi connectivity index (χ0n) is 16.9. The van der Waals surface area contributed by atoms with Crippen LogP contribution in [0, 0.1) is 13.8 Å². The molecule has 7 heteroatoms. The quantitative estimate of drug-likeness (QED) is 0.549. The van der Waals surface area contributed by atoms with Gasteiger partial charge in [0.2, 0.25) is 0 Å². The fourth-order valence-corrected chi connectivity index (χ4v) is 3.77. The number of aryl methyl sites for hydroxylation is 3. The summed E-state index contributed by atoms with van der Waals surface area (Å²) in [6, 6.07) is 0.279. The lowest BCUT2D eigenvalue weighted by Gasteiger charge is -2.18. The van der Waals surface area contributed by atoms with E-state index in [1.807, 2.05) is 17.9 Å². The molecule has 2 aromatic rings. The molecule has 144 valence electrons. The van der Waals surface area contributed by atoms with Crippen molar-refractivity contribution in [1.29, 1.82) is 0 Å². The molecule has 6 nitrogen and oxygen atoms in total. The van der Waals surface area contributed by atoms with Gasteiger partial charge in [0.15, 0.2) is 5.96 Å². The van der Waals surface area contributed by atoms with Crippen LogP contribution in [0.3, 0.4) is 0 Å². The van der Waals surface area contributed by atoms with Gasteiger partial charge in [-0.2, -0.15) is 5.10 Å². The summed E-state index contributed by atoms with van der Waals surface area (Å²) < 4.78 is 1.95. The molecule has 2 N–H and O–H groups in total. The van der Waals surface area contributed by atoms with Crippen LogP contribution < -0.4 is 10.6 Å². The molecule has 0 aliphatic carbocycles. The number of aromatic nitrogens is 3. The average Bonchev–Trinajstić information content (AvgIpc) is 3.15. The molecule has 1 atom stereocenters. The van der Waals surface area contributed by atoms with Gasteiger partial charge >= 0.3 is 0 Å². The van der Waals surface area contributed by atoms with Gasteiger partial charge in [0, 0.05) is 49.4 Å². The predicted octanol–water partition coefficient (Wildman–Crippen LogP) is 2.78. The van der Waals surface area contributed by atoms with Gasteiger partial charge < -0.3 is 10.6 Å². The van der Waals surface area contributed by atoms with Crippen molar-refractivity contribution in [2.45, 2.75) is 59.9 Å². The van der Waals surface area contributed by atoms with Gasteiger partial charge in [-0.05, 0) is 46.1 Å². The Labute approximate surface area is 161 Å². The molecule has 0 bridgehead atoms. The summed E-state index contributed by atoms with van der Waals surface area (Å²) in [5.74, 6) is 0.867. The molecule has 2 rings (SSSR count). The number of nitrogens with zero attached hydrogens (tertiary/aromatic N) is 4. The standard InChI is InChI=1S/C19H32N6S/c1-7-16-12-22-18(26-16)9-10-21-19(20-8-2)23-13(3)11-17-14(4)24-25(6)15(17)5/h12-13H,7-11H2,1-6H3,(H2,20,21,23). The van der Waals surface area contributed by atoms with E-state index in [1.54, 1.807) is 11.3 Å². The monoisotopic (exact) mass is 376 g/mol. The van der Waals surface area contributed by atoms with Crippen molar-refractivity contribution in [1.82, 2.24) is 25.4 Å². The Hall–Kier alpha value is -1.89. The summed E-state index contributed by atoms with van der Waals surface area (Å²) in [5, 5.41) is 12.5. The van der Waals surface area contributed by atoms with Crippen LogP contribution in [-0.2, 0) is 26.3 Å². The number of rotatable bonds is 8. The van der Waals surface area contributed by atoms with Gasteiger partial charge in [-0.15, -0.1) is 11.3 Å². The van der Waals surface area contributed by atoms with Crippen LogP contribution in [0.25, 0.3) is 0 Å². The SMILES string of the molecule is CCNC(=NCCc1ncc(CC)s1)NC(C)Cc1c(C)nn(C)c1C. The summed E-state index contributed by atoms with van der Waals surface area (Å²) >= 11 is 1.79. The van der Waals surface area contributed by atoms with Crippen molar-refractivity contribution in [2.24, 2.45) is 12.0 Å². The maximum absolute atomic E-state index is 4.72. The average molecular weight is 377 g/mol. The van der Waals surface area contributed by atoms with Crippen molar-refractivity contribution in [3.63, 3.8) is 0 Å². The van der Waals surface area contributed by atoms with E-state index in [1.165, 1.54) is 16.1 Å². The van der Waals surface area contributed by atoms with E-state index in [4.69, 9.17) is 4.99 Å². The third kappa shape index (κ3) is 5.56. The second kappa shape index (κ2) is 9.71. The second-order valence-corrected chi connectivity index (χ2v) is 7.81. The molecular weight excluding hydrogens is 344 g/mol. The summed E-state index contributed by atoms with van der Waals surface area (Å²) in [5.41, 5.74) is 3.66. The highest BCUT2D eigenvalue weighted by Gasteiger charge is 2.14.